The number of rotatable bonds is 8. The molecule has 2 N–H and O–H groups in total. The molecule has 0 atom stereocenters. The zero-order valence-corrected chi connectivity index (χ0v) is 22.7. The molecule has 5 aromatic rings. The van der Waals surface area contributed by atoms with E-state index in [2.05, 4.69) is 5.32 Å². The van der Waals surface area contributed by atoms with E-state index in [-0.39, 0.29) is 5.75 Å². The zero-order chi connectivity index (χ0) is 27.6. The number of benzene rings is 3. The minimum absolute atomic E-state index is 0.224. The van der Waals surface area contributed by atoms with Crippen LogP contribution in [0.2, 0.25) is 0 Å². The number of phenolic OH excluding ortho intramolecular Hbond substituents is 1. The number of aryl methyl sites for hydroxylation is 3. The Bertz CT molecular complexity index is 1650. The lowest BCUT2D eigenvalue weighted by atomic mass is 9.99. The second-order valence-corrected chi connectivity index (χ2v) is 9.81. The van der Waals surface area contributed by atoms with Crippen LogP contribution in [0.15, 0.2) is 72.8 Å². The van der Waals surface area contributed by atoms with Crippen LogP contribution in [0, 0.1) is 20.8 Å². The van der Waals surface area contributed by atoms with Gasteiger partial charge in [-0.2, -0.15) is 0 Å². The van der Waals surface area contributed by atoms with Gasteiger partial charge in [0.1, 0.15) is 55.1 Å². The lowest BCUT2D eigenvalue weighted by molar-refractivity contribution is 0.171. The monoisotopic (exact) mass is 537 g/mol. The van der Waals surface area contributed by atoms with Crippen molar-refractivity contribution < 1.29 is 24.1 Å². The van der Waals surface area contributed by atoms with Crippen LogP contribution in [0.1, 0.15) is 16.7 Å². The number of pyridine rings is 1. The van der Waals surface area contributed by atoms with Crippen LogP contribution in [0.25, 0.3) is 16.9 Å². The van der Waals surface area contributed by atoms with Crippen molar-refractivity contribution in [1.82, 2.24) is 9.38 Å². The SMILES string of the molecule is Cc1ccc(OCCOc2cccc3nc(-c4c(C)cc(O)cc4C)c(Nc4ccc5c(c4)OCCO5)n23)cc1. The molecule has 8 heteroatoms. The molecule has 0 aliphatic carbocycles. The topological polar surface area (TPSA) is 86.5 Å². The maximum absolute atomic E-state index is 10.2. The minimum Gasteiger partial charge on any atom is -0.508 e. The van der Waals surface area contributed by atoms with E-state index in [1.54, 1.807) is 12.1 Å². The third kappa shape index (κ3) is 5.08. The lowest BCUT2D eigenvalue weighted by Gasteiger charge is -2.20. The Morgan fingerprint density at radius 3 is 2.35 bits per heavy atom. The Labute approximate surface area is 232 Å². The number of hydrogen-bond acceptors (Lipinski definition) is 7. The van der Waals surface area contributed by atoms with Gasteiger partial charge in [0.05, 0.1) is 0 Å². The first-order valence-electron chi connectivity index (χ1n) is 13.3. The second kappa shape index (κ2) is 10.7. The van der Waals surface area contributed by atoms with Crippen LogP contribution in [-0.4, -0.2) is 40.9 Å². The molecule has 2 aromatic heterocycles. The van der Waals surface area contributed by atoms with Crippen LogP contribution in [-0.2, 0) is 0 Å². The van der Waals surface area contributed by atoms with E-state index >= 15 is 0 Å². The van der Waals surface area contributed by atoms with E-state index in [1.165, 1.54) is 5.56 Å². The van der Waals surface area contributed by atoms with E-state index in [0.29, 0.717) is 38.1 Å². The van der Waals surface area contributed by atoms with E-state index in [1.807, 2.05) is 85.8 Å². The quantitative estimate of drug-likeness (QED) is 0.216. The molecule has 6 rings (SSSR count). The number of aromatic hydroxyl groups is 1. The molecule has 204 valence electrons. The fraction of sp³-hybridized carbons (Fsp3) is 0.219. The number of anilines is 2. The summed E-state index contributed by atoms with van der Waals surface area (Å²) >= 11 is 0. The summed E-state index contributed by atoms with van der Waals surface area (Å²) in [5.74, 6) is 3.79. The number of aromatic nitrogens is 2. The van der Waals surface area contributed by atoms with Crippen molar-refractivity contribution in [1.29, 1.82) is 0 Å². The molecule has 0 amide bonds. The molecule has 0 fully saturated rings. The summed E-state index contributed by atoms with van der Waals surface area (Å²) in [5.41, 5.74) is 6.24. The Hall–Kier alpha value is -4.85. The molecule has 3 heterocycles. The third-order valence-corrected chi connectivity index (χ3v) is 6.79. The summed E-state index contributed by atoms with van der Waals surface area (Å²) in [6.07, 6.45) is 0. The van der Waals surface area contributed by atoms with Gasteiger partial charge in [0.2, 0.25) is 5.88 Å². The summed E-state index contributed by atoms with van der Waals surface area (Å²) in [5, 5.41) is 13.8. The third-order valence-electron chi connectivity index (χ3n) is 6.79. The predicted molar refractivity (Wildman–Crippen MR) is 155 cm³/mol. The molecular formula is C32H31N3O5. The molecule has 1 aliphatic heterocycles. The summed E-state index contributed by atoms with van der Waals surface area (Å²) in [4.78, 5) is 5.01. The normalized spacial score (nSPS) is 12.4. The maximum atomic E-state index is 10.2. The first kappa shape index (κ1) is 25.4. The van der Waals surface area contributed by atoms with Crippen molar-refractivity contribution >= 4 is 17.2 Å². The molecule has 0 saturated carbocycles. The molecule has 0 radical (unpaired) electrons. The standard InChI is InChI=1S/C32H31N3O5/c1-20-7-10-25(11-8-20)37-13-16-40-29-6-4-5-28-34-31(30-21(2)17-24(36)18-22(30)3)32(35(28)29)33-23-9-12-26-27(19-23)39-15-14-38-26/h4-12,17-19,33,36H,13-16H2,1-3H3. The van der Waals surface area contributed by atoms with Gasteiger partial charge in [-0.1, -0.05) is 23.8 Å². The molecular weight excluding hydrogens is 506 g/mol. The number of nitrogens with zero attached hydrogens (tertiary/aromatic N) is 2. The van der Waals surface area contributed by atoms with Crippen LogP contribution in [0.4, 0.5) is 11.5 Å². The first-order valence-corrected chi connectivity index (χ1v) is 13.3. The van der Waals surface area contributed by atoms with Crippen molar-refractivity contribution in [3.8, 4) is 40.1 Å². The van der Waals surface area contributed by atoms with Crippen molar-refractivity contribution in [2.24, 2.45) is 0 Å². The van der Waals surface area contributed by atoms with Crippen LogP contribution in [0.5, 0.6) is 28.9 Å². The van der Waals surface area contributed by atoms with Crippen LogP contribution < -0.4 is 24.3 Å². The zero-order valence-electron chi connectivity index (χ0n) is 22.7. The van der Waals surface area contributed by atoms with E-state index in [0.717, 1.165) is 51.0 Å². The predicted octanol–water partition coefficient (Wildman–Crippen LogP) is 6.60. The molecule has 1 aliphatic rings. The van der Waals surface area contributed by atoms with Gasteiger partial charge in [-0.3, -0.25) is 0 Å². The smallest absolute Gasteiger partial charge is 0.201 e. The average molecular weight is 538 g/mol. The van der Waals surface area contributed by atoms with Crippen molar-refractivity contribution in [3.63, 3.8) is 0 Å². The van der Waals surface area contributed by atoms with Crippen LogP contribution in [0.3, 0.4) is 0 Å². The number of nitrogens with one attached hydrogen (secondary N) is 1. The Morgan fingerprint density at radius 1 is 0.850 bits per heavy atom. The number of phenols is 1. The van der Waals surface area contributed by atoms with Crippen LogP contribution >= 0.6 is 0 Å². The van der Waals surface area contributed by atoms with Crippen molar-refractivity contribution in [3.05, 3.63) is 89.5 Å². The highest BCUT2D eigenvalue weighted by molar-refractivity contribution is 5.84. The second-order valence-electron chi connectivity index (χ2n) is 9.81. The lowest BCUT2D eigenvalue weighted by Crippen LogP contribution is -2.15. The molecule has 0 saturated heterocycles. The molecule has 0 unspecified atom stereocenters. The Morgan fingerprint density at radius 2 is 1.57 bits per heavy atom. The fourth-order valence-electron chi connectivity index (χ4n) is 4.98. The van der Waals surface area contributed by atoms with E-state index in [4.69, 9.17) is 23.9 Å². The Kier molecular flexibility index (Phi) is 6.82. The van der Waals surface area contributed by atoms with Crippen molar-refractivity contribution in [2.75, 3.05) is 31.7 Å². The summed E-state index contributed by atoms with van der Waals surface area (Å²) in [7, 11) is 0. The highest BCUT2D eigenvalue weighted by Crippen LogP contribution is 2.40. The number of imidazole rings is 1. The highest BCUT2D eigenvalue weighted by atomic mass is 16.6. The van der Waals surface area contributed by atoms with Gasteiger partial charge in [-0.05, 0) is 80.4 Å². The molecule has 0 spiro atoms. The summed E-state index contributed by atoms with van der Waals surface area (Å²) in [6.45, 7) is 7.77. The van der Waals surface area contributed by atoms with Gasteiger partial charge in [0, 0.05) is 17.3 Å². The van der Waals surface area contributed by atoms with Gasteiger partial charge in [0.25, 0.3) is 0 Å². The molecule has 40 heavy (non-hydrogen) atoms. The number of fused-ring (bicyclic) bond motifs is 2. The number of hydrogen-bond donors (Lipinski definition) is 2. The minimum atomic E-state index is 0.224. The summed E-state index contributed by atoms with van der Waals surface area (Å²) in [6, 6.07) is 23.0. The van der Waals surface area contributed by atoms with Gasteiger partial charge in [-0.25, -0.2) is 9.38 Å². The first-order chi connectivity index (χ1) is 19.5. The van der Waals surface area contributed by atoms with Gasteiger partial charge in [-0.15, -0.1) is 0 Å². The van der Waals surface area contributed by atoms with Crippen molar-refractivity contribution in [2.45, 2.75) is 20.8 Å². The van der Waals surface area contributed by atoms with Gasteiger partial charge in [0.15, 0.2) is 11.5 Å². The molecule has 0 bridgehead atoms. The highest BCUT2D eigenvalue weighted by Gasteiger charge is 2.22. The maximum Gasteiger partial charge on any atom is 0.201 e. The average Bonchev–Trinajstić information content (AvgIpc) is 3.29. The van der Waals surface area contributed by atoms with E-state index < -0.39 is 0 Å². The van der Waals surface area contributed by atoms with E-state index in [9.17, 15) is 5.11 Å². The molecule has 8 nitrogen and oxygen atoms in total. The van der Waals surface area contributed by atoms with Gasteiger partial charge < -0.3 is 29.4 Å². The fourth-order valence-corrected chi connectivity index (χ4v) is 4.98. The Balaban J connectivity index is 1.38. The van der Waals surface area contributed by atoms with Gasteiger partial charge >= 0.3 is 0 Å². The molecule has 3 aromatic carbocycles. The largest absolute Gasteiger partial charge is 0.508 e. The summed E-state index contributed by atoms with van der Waals surface area (Å²) < 4.78 is 25.6. The number of ether oxygens (including phenoxy) is 4.